The quantitative estimate of drug-likeness (QED) is 0.116. The lowest BCUT2D eigenvalue weighted by Crippen LogP contribution is -2.37. The highest BCUT2D eigenvalue weighted by atomic mass is 31.1. The van der Waals surface area contributed by atoms with Gasteiger partial charge in [0.05, 0.1) is 30.0 Å². The predicted octanol–water partition coefficient (Wildman–Crippen LogP) is 5.60. The first-order valence-electron chi connectivity index (χ1n) is 12.9. The summed E-state index contributed by atoms with van der Waals surface area (Å²) in [5.74, 6) is 0. The van der Waals surface area contributed by atoms with Gasteiger partial charge in [-0.1, -0.05) is 0 Å². The van der Waals surface area contributed by atoms with E-state index in [1.807, 2.05) is 0 Å². The van der Waals surface area contributed by atoms with E-state index < -0.39 is 0 Å². The summed E-state index contributed by atoms with van der Waals surface area (Å²) in [6, 6.07) is 0. The molecule has 0 bridgehead atoms. The Morgan fingerprint density at radius 2 is 1.00 bits per heavy atom. The summed E-state index contributed by atoms with van der Waals surface area (Å²) in [5, 5.41) is 0. The largest absolute Gasteiger partial charge is 0.375 e. The second-order valence-electron chi connectivity index (χ2n) is 9.66. The molecular formula is C25H55NO5P2. The van der Waals surface area contributed by atoms with Crippen molar-refractivity contribution in [1.82, 2.24) is 0 Å². The summed E-state index contributed by atoms with van der Waals surface area (Å²) in [7, 11) is 1.56. The summed E-state index contributed by atoms with van der Waals surface area (Å²) >= 11 is 0. The molecule has 200 valence electrons. The zero-order valence-electron chi connectivity index (χ0n) is 22.9. The third kappa shape index (κ3) is 18.5. The molecule has 0 spiro atoms. The molecule has 2 atom stereocenters. The zero-order chi connectivity index (χ0) is 25.3. The molecule has 0 aromatic rings. The topological polar surface area (TPSA) is 72.2 Å². The molecular weight excluding hydrogens is 456 g/mol. The van der Waals surface area contributed by atoms with Crippen molar-refractivity contribution < 1.29 is 23.7 Å². The lowest BCUT2D eigenvalue weighted by atomic mass is 9.93. The van der Waals surface area contributed by atoms with Crippen LogP contribution < -0.4 is 5.73 Å². The maximum Gasteiger partial charge on any atom is 0.161 e. The average Bonchev–Trinajstić information content (AvgIpc) is 2.67. The van der Waals surface area contributed by atoms with Crippen LogP contribution in [0.5, 0.6) is 0 Å². The molecule has 0 radical (unpaired) electrons. The van der Waals surface area contributed by atoms with Gasteiger partial charge in [-0.25, -0.2) is 0 Å². The Morgan fingerprint density at radius 3 is 1.27 bits per heavy atom. The lowest BCUT2D eigenvalue weighted by Gasteiger charge is -2.34. The molecule has 0 saturated heterocycles. The standard InChI is InChI=1S/C25H55NO5P2/c1-10-27-25(11-14-26,12-15-32-17-23(28-19(2)3)29-20(4)5)13-16-33-18-24(30-21(6)7)31-22(8)9/h19-24,32-33H,10-18,26H2,1-9H3. The minimum atomic E-state index is -0.135. The van der Waals surface area contributed by atoms with Gasteiger partial charge in [-0.15, -0.1) is 17.2 Å². The fourth-order valence-corrected chi connectivity index (χ4v) is 6.23. The van der Waals surface area contributed by atoms with Crippen LogP contribution in [0.1, 0.15) is 81.6 Å². The van der Waals surface area contributed by atoms with Crippen molar-refractivity contribution in [1.29, 1.82) is 0 Å². The van der Waals surface area contributed by atoms with Gasteiger partial charge in [0.25, 0.3) is 0 Å². The summed E-state index contributed by atoms with van der Waals surface area (Å²) in [4.78, 5) is 0. The SMILES string of the molecule is CCOC(CCN)(CCPCC(OC(C)C)OC(C)C)CCPCC(OC(C)C)OC(C)C. The summed E-state index contributed by atoms with van der Waals surface area (Å²) in [6.45, 7) is 19.9. The third-order valence-corrected chi connectivity index (χ3v) is 7.33. The smallest absolute Gasteiger partial charge is 0.161 e. The molecule has 2 N–H and O–H groups in total. The molecule has 0 aromatic carbocycles. The Morgan fingerprint density at radius 1 is 0.636 bits per heavy atom. The first-order valence-corrected chi connectivity index (χ1v) is 15.7. The Labute approximate surface area is 208 Å². The molecule has 0 fully saturated rings. The summed E-state index contributed by atoms with van der Waals surface area (Å²) < 4.78 is 30.2. The van der Waals surface area contributed by atoms with Gasteiger partial charge in [-0.2, -0.15) is 0 Å². The Bertz CT molecular complexity index is 393. The highest BCUT2D eigenvalue weighted by molar-refractivity contribution is 7.38. The van der Waals surface area contributed by atoms with Gasteiger partial charge >= 0.3 is 0 Å². The minimum absolute atomic E-state index is 0.125. The van der Waals surface area contributed by atoms with E-state index in [4.69, 9.17) is 29.4 Å². The molecule has 0 rings (SSSR count). The molecule has 2 unspecified atom stereocenters. The summed E-state index contributed by atoms with van der Waals surface area (Å²) in [6.07, 6.45) is 7.48. The molecule has 0 aliphatic carbocycles. The van der Waals surface area contributed by atoms with Crippen molar-refractivity contribution in [3.8, 4) is 0 Å². The van der Waals surface area contributed by atoms with E-state index in [2.05, 4.69) is 62.3 Å². The highest BCUT2D eigenvalue weighted by Gasteiger charge is 2.29. The summed E-state index contributed by atoms with van der Waals surface area (Å²) in [5.41, 5.74) is 5.88. The van der Waals surface area contributed by atoms with Crippen LogP contribution in [0.3, 0.4) is 0 Å². The van der Waals surface area contributed by atoms with Crippen molar-refractivity contribution >= 4 is 17.2 Å². The molecule has 0 aromatic heterocycles. The van der Waals surface area contributed by atoms with E-state index in [0.29, 0.717) is 6.54 Å². The first-order chi connectivity index (χ1) is 15.5. The van der Waals surface area contributed by atoms with Crippen LogP contribution in [0, 0.1) is 0 Å². The van der Waals surface area contributed by atoms with Gasteiger partial charge in [-0.3, -0.25) is 0 Å². The average molecular weight is 512 g/mol. The van der Waals surface area contributed by atoms with Crippen LogP contribution in [0.2, 0.25) is 0 Å². The van der Waals surface area contributed by atoms with Crippen molar-refractivity contribution in [2.24, 2.45) is 5.73 Å². The van der Waals surface area contributed by atoms with E-state index in [9.17, 15) is 0 Å². The fraction of sp³-hybridized carbons (Fsp3) is 1.00. The molecule has 33 heavy (non-hydrogen) atoms. The van der Waals surface area contributed by atoms with E-state index in [-0.39, 0.29) is 42.6 Å². The van der Waals surface area contributed by atoms with Gasteiger partial charge < -0.3 is 29.4 Å². The van der Waals surface area contributed by atoms with Gasteiger partial charge in [0.15, 0.2) is 12.6 Å². The van der Waals surface area contributed by atoms with E-state index >= 15 is 0 Å². The van der Waals surface area contributed by atoms with Gasteiger partial charge in [0, 0.05) is 18.9 Å². The monoisotopic (exact) mass is 511 g/mol. The molecule has 0 amide bonds. The maximum absolute atomic E-state index is 6.35. The first kappa shape index (κ1) is 33.6. The number of rotatable bonds is 22. The second kappa shape index (κ2) is 19.8. The van der Waals surface area contributed by atoms with E-state index in [1.165, 1.54) is 0 Å². The normalized spacial score (nSPS) is 15.3. The van der Waals surface area contributed by atoms with E-state index in [0.717, 1.165) is 67.7 Å². The van der Waals surface area contributed by atoms with Gasteiger partial charge in [0.1, 0.15) is 0 Å². The minimum Gasteiger partial charge on any atom is -0.375 e. The molecule has 8 heteroatoms. The Kier molecular flexibility index (Phi) is 20.1. The van der Waals surface area contributed by atoms with Crippen LogP contribution in [0.25, 0.3) is 0 Å². The second-order valence-corrected chi connectivity index (χ2v) is 12.5. The molecule has 0 aliphatic rings. The van der Waals surface area contributed by atoms with Crippen LogP contribution >= 0.6 is 17.2 Å². The molecule has 0 aliphatic heterocycles. The fourth-order valence-electron chi connectivity index (χ4n) is 3.70. The van der Waals surface area contributed by atoms with Gasteiger partial charge in [0.2, 0.25) is 0 Å². The van der Waals surface area contributed by atoms with Crippen molar-refractivity contribution in [2.75, 3.05) is 37.8 Å². The van der Waals surface area contributed by atoms with E-state index in [1.54, 1.807) is 0 Å². The number of nitrogens with two attached hydrogens (primary N) is 1. The third-order valence-electron chi connectivity index (χ3n) is 4.88. The van der Waals surface area contributed by atoms with Crippen LogP contribution in [0.15, 0.2) is 0 Å². The van der Waals surface area contributed by atoms with Crippen molar-refractivity contribution in [2.45, 2.75) is 124 Å². The predicted molar refractivity (Wildman–Crippen MR) is 146 cm³/mol. The van der Waals surface area contributed by atoms with Crippen molar-refractivity contribution in [3.05, 3.63) is 0 Å². The Balaban J connectivity index is 4.74. The highest BCUT2D eigenvalue weighted by Crippen LogP contribution is 2.32. The lowest BCUT2D eigenvalue weighted by molar-refractivity contribution is -0.167. The number of ether oxygens (including phenoxy) is 5. The van der Waals surface area contributed by atoms with Crippen LogP contribution in [-0.4, -0.2) is 80.4 Å². The zero-order valence-corrected chi connectivity index (χ0v) is 24.9. The van der Waals surface area contributed by atoms with Crippen LogP contribution in [0.4, 0.5) is 0 Å². The number of hydrogen-bond donors (Lipinski definition) is 1. The maximum atomic E-state index is 6.35. The molecule has 0 heterocycles. The van der Waals surface area contributed by atoms with Gasteiger partial charge in [-0.05, 0) is 100 Å². The molecule has 0 saturated carbocycles. The van der Waals surface area contributed by atoms with Crippen molar-refractivity contribution in [3.63, 3.8) is 0 Å². The molecule has 6 nitrogen and oxygen atoms in total. The number of hydrogen-bond acceptors (Lipinski definition) is 6. The Hall–Kier alpha value is 0.620. The van der Waals surface area contributed by atoms with Crippen LogP contribution in [-0.2, 0) is 23.7 Å².